The Hall–Kier alpha value is -13.1. The van der Waals surface area contributed by atoms with Gasteiger partial charge in [-0.2, -0.15) is 0 Å². The number of benzene rings is 9. The average molecular weight is 1800 g/mol. The van der Waals surface area contributed by atoms with Gasteiger partial charge in [0, 0.05) is 135 Å². The number of piperidine rings is 2. The van der Waals surface area contributed by atoms with Gasteiger partial charge in [0.1, 0.15) is 53.3 Å². The average Bonchev–Trinajstić information content (AvgIpc) is 1.61. The summed E-state index contributed by atoms with van der Waals surface area (Å²) in [5.74, 6) is 1.96. The van der Waals surface area contributed by atoms with Crippen LogP contribution in [0.2, 0.25) is 20.1 Å². The standard InChI is InChI=1S/C23H26N4O3.C21H21ClN4O2.C19H17ClFN3O.C18H16ClN3O.C17H14ClN3O/c1-15-8-10-26(11-9-15)23(29)17-13-20-22(24-14-17)27(21(25-20)12-16(2)28)18-4-6-19(30-3)7-5-18;22-15-5-4-6-16(12-15)26-18-8-7-14(21(28)25-9-2-1-3-10-25)11-17(18)24-20(26)13-19(23)27;1-19(21)7-8-23(11-19)18(25)13-5-6-17-16(9-13)22-12-24(17)15-4-2-3-14(20)10-15;1-21(14-6-7-14)18(23)12-5-8-17-16(9-12)20-11-22(17)15-4-2-3-13(19)10-15;18-12-2-1-3-14(9-12)21-10-19-15-8-11(4-7-16(15)21)17(22)20-13-5-6-13/h4-7,13-15H,8-12H2,1-3H3;4-8,11-12H,1-3,9-10,13H2,(H2,23,27);2-6,9-10,12H,7-8,11H2,1H3;2-5,8-11,14H,6-7H2,1H3;1-4,7-10,13H,5-6H2,(H,20,22). The molecule has 1 atom stereocenters. The number of hydrogen-bond acceptors (Lipinski definition) is 14. The molecule has 0 spiro atoms. The number of primary amides is 1. The minimum absolute atomic E-state index is 0.00337. The Bertz CT molecular complexity index is 6720. The lowest BCUT2D eigenvalue weighted by Gasteiger charge is -2.30. The highest BCUT2D eigenvalue weighted by atomic mass is 35.5. The fourth-order valence-electron chi connectivity index (χ4n) is 16.1. The molecule has 6 aromatic heterocycles. The highest BCUT2D eigenvalue weighted by Gasteiger charge is 2.37. The summed E-state index contributed by atoms with van der Waals surface area (Å²) in [7, 11) is 3.49. The minimum atomic E-state index is -1.30. The maximum atomic E-state index is 14.0. The molecule has 9 heterocycles. The summed E-state index contributed by atoms with van der Waals surface area (Å²) in [5.41, 5.74) is 19.4. The number of alkyl halides is 1. The minimum Gasteiger partial charge on any atom is -0.497 e. The zero-order valence-electron chi connectivity index (χ0n) is 71.3. The summed E-state index contributed by atoms with van der Waals surface area (Å²) in [5, 5.41) is 5.58. The molecule has 3 saturated heterocycles. The highest BCUT2D eigenvalue weighted by Crippen LogP contribution is 2.34. The Balaban J connectivity index is 0.000000118. The van der Waals surface area contributed by atoms with Crippen molar-refractivity contribution in [2.45, 2.75) is 116 Å². The normalized spacial score (nSPS) is 15.6. The first-order chi connectivity index (χ1) is 61.7. The van der Waals surface area contributed by atoms with Gasteiger partial charge in [0.15, 0.2) is 5.65 Å². The molecule has 30 heteroatoms. The lowest BCUT2D eigenvalue weighted by Crippen LogP contribution is -2.37. The number of methoxy groups -OCH3 is 1. The summed E-state index contributed by atoms with van der Waals surface area (Å²) in [6.07, 6.45) is 17.1. The smallest absolute Gasteiger partial charge is 0.255 e. The van der Waals surface area contributed by atoms with Crippen molar-refractivity contribution in [1.29, 1.82) is 0 Å². The van der Waals surface area contributed by atoms with E-state index in [9.17, 15) is 38.0 Å². The van der Waals surface area contributed by atoms with Crippen LogP contribution in [-0.2, 0) is 22.4 Å². The van der Waals surface area contributed by atoms with Gasteiger partial charge in [-0.25, -0.2) is 34.3 Å². The maximum absolute atomic E-state index is 14.0. The Kier molecular flexibility index (Phi) is 26.6. The Morgan fingerprint density at radius 3 is 1.45 bits per heavy atom. The zero-order valence-corrected chi connectivity index (χ0v) is 74.3. The maximum Gasteiger partial charge on any atom is 0.255 e. The number of carbonyl (C=O) groups excluding carboxylic acids is 7. The van der Waals surface area contributed by atoms with Crippen LogP contribution in [0.5, 0.6) is 5.75 Å². The number of amides is 6. The number of hydrogen-bond donors (Lipinski definition) is 2. The van der Waals surface area contributed by atoms with Crippen molar-refractivity contribution in [3.63, 3.8) is 0 Å². The number of rotatable bonds is 17. The molecule has 2 saturated carbocycles. The van der Waals surface area contributed by atoms with Gasteiger partial charge in [-0.15, -0.1) is 0 Å². The van der Waals surface area contributed by atoms with E-state index >= 15 is 0 Å². The van der Waals surface area contributed by atoms with Gasteiger partial charge in [0.05, 0.1) is 76.2 Å². The number of halogens is 5. The van der Waals surface area contributed by atoms with Gasteiger partial charge in [0.2, 0.25) is 5.91 Å². The molecule has 0 radical (unpaired) electrons. The Morgan fingerprint density at radius 2 is 0.945 bits per heavy atom. The molecule has 15 aromatic rings. The van der Waals surface area contributed by atoms with Crippen molar-refractivity contribution >= 4 is 143 Å². The summed E-state index contributed by atoms with van der Waals surface area (Å²) >= 11 is 24.3. The number of ketones is 1. The summed E-state index contributed by atoms with van der Waals surface area (Å²) in [6.45, 7) is 9.01. The van der Waals surface area contributed by atoms with Gasteiger partial charge < -0.3 is 35.4 Å². The molecule has 1 unspecified atom stereocenters. The van der Waals surface area contributed by atoms with Crippen molar-refractivity contribution in [2.24, 2.45) is 11.7 Å². The van der Waals surface area contributed by atoms with Gasteiger partial charge in [-0.3, -0.25) is 56.4 Å². The molecular formula is C98H94Cl4FN17O8. The van der Waals surface area contributed by atoms with Crippen LogP contribution in [0.1, 0.15) is 148 Å². The number of likely N-dealkylation sites (tertiary alicyclic amines) is 3. The van der Waals surface area contributed by atoms with E-state index in [2.05, 4.69) is 42.1 Å². The fraction of sp³-hybridized carbons (Fsp3) is 0.276. The lowest BCUT2D eigenvalue weighted by atomic mass is 9.99. The quantitative estimate of drug-likeness (QED) is 0.0857. The monoisotopic (exact) mass is 1800 g/mol. The summed E-state index contributed by atoms with van der Waals surface area (Å²) in [6, 6.07) is 62.2. The van der Waals surface area contributed by atoms with E-state index in [1.807, 2.05) is 208 Å². The molecule has 128 heavy (non-hydrogen) atoms. The van der Waals surface area contributed by atoms with Gasteiger partial charge in [-0.1, -0.05) is 77.6 Å². The third-order valence-electron chi connectivity index (χ3n) is 23.3. The first kappa shape index (κ1) is 88.3. The van der Waals surface area contributed by atoms with Crippen molar-refractivity contribution < 1.29 is 42.7 Å². The number of Topliss-reactive ketones (excluding diaryl/α,β-unsaturated/α-hetero) is 1. The number of ether oxygens (including phenoxy) is 1. The number of carbonyl (C=O) groups is 7. The molecule has 5 fully saturated rings. The Morgan fingerprint density at radius 1 is 0.484 bits per heavy atom. The molecule has 20 rings (SSSR count). The first-order valence-corrected chi connectivity index (χ1v) is 44.2. The molecular weight excluding hydrogens is 1700 g/mol. The number of nitrogens with zero attached hydrogens (tertiary/aromatic N) is 15. The van der Waals surface area contributed by atoms with Crippen LogP contribution in [0.4, 0.5) is 4.39 Å². The molecule has 3 N–H and O–H groups in total. The molecule has 3 aliphatic heterocycles. The number of nitrogens with one attached hydrogen (secondary N) is 1. The molecule has 9 aromatic carbocycles. The van der Waals surface area contributed by atoms with Crippen molar-refractivity contribution in [3.8, 4) is 34.2 Å². The van der Waals surface area contributed by atoms with Crippen molar-refractivity contribution in [1.82, 2.24) is 77.7 Å². The molecule has 6 amide bonds. The second kappa shape index (κ2) is 38.6. The topological polar surface area (TPSA) is 282 Å². The summed E-state index contributed by atoms with van der Waals surface area (Å²) < 4.78 is 28.8. The van der Waals surface area contributed by atoms with E-state index in [-0.39, 0.29) is 54.7 Å². The molecule has 25 nitrogen and oxygen atoms in total. The van der Waals surface area contributed by atoms with Crippen LogP contribution in [0.25, 0.3) is 83.7 Å². The van der Waals surface area contributed by atoms with Crippen molar-refractivity contribution in [3.05, 3.63) is 285 Å². The van der Waals surface area contributed by atoms with Crippen LogP contribution >= 0.6 is 46.4 Å². The molecule has 654 valence electrons. The SMILES string of the molecule is CC1(F)CCN(C(=O)c2ccc3c(c2)ncn3-c2cccc(Cl)c2)C1.CN(C(=O)c1ccc2c(c1)ncn2-c1cccc(Cl)c1)C1CC1.COc1ccc(-n2c(CC(C)=O)nc3cc(C(=O)N4CCC(C)CC4)cnc32)cc1.NC(=O)Cc1nc2cc(C(=O)N3CCCCC3)ccc2n1-c1cccc(Cl)c1.O=C(NC1CC1)c1ccc2c(c1)ncn2-c1cccc(Cl)c1. The zero-order chi connectivity index (χ0) is 89.6. The molecule has 2 aliphatic carbocycles. The number of imidazole rings is 5. The van der Waals surface area contributed by atoms with Gasteiger partial charge >= 0.3 is 0 Å². The predicted octanol–water partition coefficient (Wildman–Crippen LogP) is 18.5. The lowest BCUT2D eigenvalue weighted by molar-refractivity contribution is -0.118. The van der Waals surface area contributed by atoms with E-state index in [1.54, 1.807) is 73.6 Å². The number of fused-ring (bicyclic) bond motifs is 5. The second-order valence-corrected chi connectivity index (χ2v) is 34.9. The first-order valence-electron chi connectivity index (χ1n) is 42.7. The Labute approximate surface area is 758 Å². The van der Waals surface area contributed by atoms with E-state index in [0.29, 0.717) is 113 Å². The van der Waals surface area contributed by atoms with Gasteiger partial charge in [0.25, 0.3) is 29.5 Å². The third-order valence-corrected chi connectivity index (χ3v) is 24.3. The summed E-state index contributed by atoms with van der Waals surface area (Å²) in [4.78, 5) is 121. The number of nitrogens with two attached hydrogens (primary N) is 1. The number of aromatic nitrogens is 11. The van der Waals surface area contributed by atoms with Crippen LogP contribution in [0, 0.1) is 5.92 Å². The van der Waals surface area contributed by atoms with Crippen molar-refractivity contribution in [2.75, 3.05) is 53.4 Å². The van der Waals surface area contributed by atoms with E-state index in [0.717, 1.165) is 145 Å². The van der Waals surface area contributed by atoms with Crippen LogP contribution in [-0.4, -0.2) is 185 Å². The van der Waals surface area contributed by atoms with E-state index < -0.39 is 11.6 Å². The van der Waals surface area contributed by atoms with Crippen LogP contribution in [0.3, 0.4) is 0 Å². The van der Waals surface area contributed by atoms with E-state index in [4.69, 9.17) is 56.9 Å². The fourth-order valence-corrected chi connectivity index (χ4v) is 16.9. The van der Waals surface area contributed by atoms with Gasteiger partial charge in [-0.05, 0) is 253 Å². The molecule has 5 aliphatic rings. The largest absolute Gasteiger partial charge is 0.497 e. The molecule has 0 bridgehead atoms. The third kappa shape index (κ3) is 20.6. The second-order valence-electron chi connectivity index (χ2n) is 33.2. The van der Waals surface area contributed by atoms with E-state index in [1.165, 1.54) is 20.3 Å². The van der Waals surface area contributed by atoms with Crippen LogP contribution in [0.15, 0.2) is 225 Å². The predicted molar refractivity (Wildman–Crippen MR) is 497 cm³/mol. The number of pyridine rings is 1. The highest BCUT2D eigenvalue weighted by molar-refractivity contribution is 6.31. The van der Waals surface area contributed by atoms with Crippen LogP contribution < -0.4 is 15.8 Å².